The second-order valence-electron chi connectivity index (χ2n) is 7.99. The third-order valence-electron chi connectivity index (χ3n) is 5.56. The van der Waals surface area contributed by atoms with E-state index in [1.54, 1.807) is 0 Å². The Bertz CT molecular complexity index is 1130. The van der Waals surface area contributed by atoms with Crippen molar-refractivity contribution in [1.29, 1.82) is 0 Å². The first-order chi connectivity index (χ1) is 17.3. The number of phosphoric ester groups is 1. The summed E-state index contributed by atoms with van der Waals surface area (Å²) in [7, 11) is -3.23. The first-order valence-corrected chi connectivity index (χ1v) is 13.0. The van der Waals surface area contributed by atoms with Crippen LogP contribution in [0.2, 0.25) is 0 Å². The molecule has 192 valence electrons. The van der Waals surface area contributed by atoms with Crippen LogP contribution in [0.5, 0.6) is 5.75 Å². The lowest BCUT2D eigenvalue weighted by atomic mass is 10.0. The van der Waals surface area contributed by atoms with Crippen LogP contribution >= 0.6 is 7.82 Å². The normalized spacial score (nSPS) is 15.5. The van der Waals surface area contributed by atoms with Crippen LogP contribution in [0.15, 0.2) is 66.3 Å². The number of amidine groups is 1. The van der Waals surface area contributed by atoms with E-state index in [2.05, 4.69) is 27.9 Å². The van der Waals surface area contributed by atoms with E-state index in [1.165, 1.54) is 18.1 Å². The highest BCUT2D eigenvalue weighted by Gasteiger charge is 2.22. The number of aliphatic hydroxyl groups is 1. The van der Waals surface area contributed by atoms with E-state index in [-0.39, 0.29) is 11.9 Å². The van der Waals surface area contributed by atoms with Crippen LogP contribution in [0.4, 0.5) is 0 Å². The van der Waals surface area contributed by atoms with Crippen molar-refractivity contribution in [2.24, 2.45) is 4.99 Å². The first kappa shape index (κ1) is 27.6. The molecule has 1 atom stereocenters. The second kappa shape index (κ2) is 13.4. The van der Waals surface area contributed by atoms with Gasteiger partial charge >= 0.3 is 7.82 Å². The molecule has 36 heavy (non-hydrogen) atoms. The molecule has 0 aliphatic carbocycles. The molecule has 2 aromatic rings. The molecule has 1 aliphatic rings. The van der Waals surface area contributed by atoms with Gasteiger partial charge in [-0.15, -0.1) is 0 Å². The minimum Gasteiger partial charge on any atom is -0.490 e. The maximum atomic E-state index is 11.2. The van der Waals surface area contributed by atoms with Crippen molar-refractivity contribution in [2.45, 2.75) is 25.0 Å². The molecule has 1 unspecified atom stereocenters. The zero-order valence-corrected chi connectivity index (χ0v) is 21.0. The Morgan fingerprint density at radius 1 is 1.19 bits per heavy atom. The first-order valence-electron chi connectivity index (χ1n) is 11.5. The Hall–Kier alpha value is -2.96. The Kier molecular flexibility index (Phi) is 10.3. The summed E-state index contributed by atoms with van der Waals surface area (Å²) in [5.41, 5.74) is 2.74. The second-order valence-corrected chi connectivity index (χ2v) is 9.23. The highest BCUT2D eigenvalue weighted by molar-refractivity contribution is 7.46. The zero-order valence-electron chi connectivity index (χ0n) is 20.1. The van der Waals surface area contributed by atoms with Crippen LogP contribution < -0.4 is 4.74 Å². The Morgan fingerprint density at radius 3 is 2.33 bits per heavy atom. The Labute approximate surface area is 211 Å². The Morgan fingerprint density at radius 2 is 1.81 bits per heavy atom. The number of hydrogen-bond donors (Lipinski definition) is 3. The fraction of sp³-hybridized carbons (Fsp3) is 0.346. The van der Waals surface area contributed by atoms with E-state index in [0.717, 1.165) is 42.9 Å². The van der Waals surface area contributed by atoms with Gasteiger partial charge in [-0.05, 0) is 41.6 Å². The van der Waals surface area contributed by atoms with Crippen LogP contribution in [0.3, 0.4) is 0 Å². The van der Waals surface area contributed by atoms with Crippen molar-refractivity contribution >= 4 is 13.7 Å². The molecule has 1 aliphatic heterocycles. The molecule has 1 saturated heterocycles. The molecule has 10 heteroatoms. The van der Waals surface area contributed by atoms with Gasteiger partial charge in [-0.3, -0.25) is 9.52 Å². The van der Waals surface area contributed by atoms with Crippen molar-refractivity contribution in [1.82, 2.24) is 4.90 Å². The highest BCUT2D eigenvalue weighted by atomic mass is 31.2. The number of benzene rings is 2. The molecule has 1 fully saturated rings. The van der Waals surface area contributed by atoms with E-state index in [1.807, 2.05) is 48.5 Å². The van der Waals surface area contributed by atoms with E-state index in [9.17, 15) is 9.67 Å². The SMILES string of the molecule is C=CN(C(CO)=NC)C(C#Cc1ccc(-c2ccc(OC3CCOCC3)cc2)cc1)COP(=O)(O)O. The maximum Gasteiger partial charge on any atom is 0.469 e. The molecule has 3 rings (SSSR count). The van der Waals surface area contributed by atoms with Gasteiger partial charge in [0.2, 0.25) is 0 Å². The summed E-state index contributed by atoms with van der Waals surface area (Å²) in [5.74, 6) is 7.00. The van der Waals surface area contributed by atoms with Gasteiger partial charge in [0, 0.05) is 25.5 Å². The molecule has 0 bridgehead atoms. The van der Waals surface area contributed by atoms with Crippen molar-refractivity contribution < 1.29 is 33.5 Å². The van der Waals surface area contributed by atoms with Crippen LogP contribution in [0.25, 0.3) is 11.1 Å². The van der Waals surface area contributed by atoms with Gasteiger partial charge in [-0.25, -0.2) is 4.57 Å². The molecule has 3 N–H and O–H groups in total. The number of aliphatic imine (C=N–C) groups is 1. The minimum absolute atomic E-state index is 0.187. The minimum atomic E-state index is -4.71. The number of nitrogens with zero attached hydrogens (tertiary/aromatic N) is 2. The highest BCUT2D eigenvalue weighted by Crippen LogP contribution is 2.36. The van der Waals surface area contributed by atoms with Gasteiger partial charge in [-0.1, -0.05) is 42.7 Å². The quantitative estimate of drug-likeness (QED) is 0.202. The number of ether oxygens (including phenoxy) is 2. The molecule has 9 nitrogen and oxygen atoms in total. The van der Waals surface area contributed by atoms with Gasteiger partial charge in [0.25, 0.3) is 0 Å². The van der Waals surface area contributed by atoms with Crippen LogP contribution in [0, 0.1) is 11.8 Å². The van der Waals surface area contributed by atoms with E-state index in [4.69, 9.17) is 19.3 Å². The summed E-state index contributed by atoms with van der Waals surface area (Å²) >= 11 is 0. The van der Waals surface area contributed by atoms with Crippen LogP contribution in [-0.2, 0) is 13.8 Å². The van der Waals surface area contributed by atoms with Crippen LogP contribution in [-0.4, -0.2) is 71.2 Å². The van der Waals surface area contributed by atoms with Gasteiger partial charge < -0.3 is 29.3 Å². The average molecular weight is 515 g/mol. The third-order valence-corrected chi connectivity index (χ3v) is 6.04. The summed E-state index contributed by atoms with van der Waals surface area (Å²) in [6.07, 6.45) is 3.35. The fourth-order valence-corrected chi connectivity index (χ4v) is 4.00. The lowest BCUT2D eigenvalue weighted by molar-refractivity contribution is 0.0256. The number of phosphoric acid groups is 1. The molecular weight excluding hydrogens is 483 g/mol. The van der Waals surface area contributed by atoms with E-state index >= 15 is 0 Å². The zero-order chi connectivity index (χ0) is 26.0. The lowest BCUT2D eigenvalue weighted by Gasteiger charge is -2.26. The number of rotatable bonds is 9. The molecule has 0 saturated carbocycles. The molecular formula is C26H31N2O7P. The monoisotopic (exact) mass is 514 g/mol. The van der Waals surface area contributed by atoms with E-state index < -0.39 is 27.1 Å². The smallest absolute Gasteiger partial charge is 0.469 e. The predicted molar refractivity (Wildman–Crippen MR) is 137 cm³/mol. The lowest BCUT2D eigenvalue weighted by Crippen LogP contribution is -2.39. The molecule has 1 heterocycles. The van der Waals surface area contributed by atoms with Gasteiger partial charge in [0.1, 0.15) is 30.3 Å². The number of aliphatic hydroxyl groups excluding tert-OH is 1. The summed E-state index contributed by atoms with van der Waals surface area (Å²) in [5, 5.41) is 9.55. The fourth-order valence-electron chi connectivity index (χ4n) is 3.66. The molecule has 0 amide bonds. The van der Waals surface area contributed by atoms with Crippen LogP contribution in [0.1, 0.15) is 18.4 Å². The van der Waals surface area contributed by atoms with Crippen molar-refractivity contribution in [2.75, 3.05) is 33.5 Å². The largest absolute Gasteiger partial charge is 0.490 e. The maximum absolute atomic E-state index is 11.2. The van der Waals surface area contributed by atoms with Gasteiger partial charge in [0.15, 0.2) is 0 Å². The van der Waals surface area contributed by atoms with Crippen molar-refractivity contribution in [3.05, 3.63) is 66.9 Å². The van der Waals surface area contributed by atoms with Crippen molar-refractivity contribution in [3.8, 4) is 28.7 Å². The third kappa shape index (κ3) is 8.32. The Balaban J connectivity index is 1.72. The topological polar surface area (TPSA) is 121 Å². The van der Waals surface area contributed by atoms with Gasteiger partial charge in [-0.2, -0.15) is 0 Å². The average Bonchev–Trinajstić information content (AvgIpc) is 2.88. The number of hydrogen-bond acceptors (Lipinski definition) is 6. The summed E-state index contributed by atoms with van der Waals surface area (Å²) in [6.45, 7) is 4.34. The molecule has 2 aromatic carbocycles. The summed E-state index contributed by atoms with van der Waals surface area (Å²) in [4.78, 5) is 23.6. The van der Waals surface area contributed by atoms with Crippen molar-refractivity contribution in [3.63, 3.8) is 0 Å². The standard InChI is InChI=1S/C26H31N2O7P/c1-3-28(26(18-29)27-2)23(19-34-36(30,31)32)11-6-20-4-7-21(8-5-20)22-9-12-24(13-10-22)35-25-14-16-33-17-15-25/h3-5,7-10,12-13,23,25,29H,1,14-19H2,2H3,(H2,30,31,32). The summed E-state index contributed by atoms with van der Waals surface area (Å²) in [6, 6.07) is 14.7. The molecule has 0 radical (unpaired) electrons. The molecule has 0 aromatic heterocycles. The van der Waals surface area contributed by atoms with E-state index in [0.29, 0.717) is 5.56 Å². The summed E-state index contributed by atoms with van der Waals surface area (Å²) < 4.78 is 27.3. The molecule has 0 spiro atoms. The van der Waals surface area contributed by atoms with Gasteiger partial charge in [0.05, 0.1) is 19.8 Å². The predicted octanol–water partition coefficient (Wildman–Crippen LogP) is 3.21.